The molecule has 0 amide bonds. The van der Waals surface area contributed by atoms with Crippen LogP contribution in [-0.2, 0) is 6.42 Å². The summed E-state index contributed by atoms with van der Waals surface area (Å²) in [5.74, 6) is -0.233. The Morgan fingerprint density at radius 1 is 1.11 bits per heavy atom. The van der Waals surface area contributed by atoms with Gasteiger partial charge < -0.3 is 5.32 Å². The minimum Gasteiger partial charge on any atom is -0.315 e. The smallest absolute Gasteiger partial charge is 0.137 e. The molecule has 1 unspecified atom stereocenters. The third-order valence-corrected chi connectivity index (χ3v) is 3.79. The number of nitrogens with one attached hydrogen (secondary N) is 1. The molecule has 0 aliphatic carbocycles. The molecule has 0 saturated carbocycles. The summed E-state index contributed by atoms with van der Waals surface area (Å²) in [6, 6.07) is 2.99. The van der Waals surface area contributed by atoms with Crippen LogP contribution in [0.15, 0.2) is 16.6 Å². The Morgan fingerprint density at radius 3 is 2.42 bits per heavy atom. The second-order valence-corrected chi connectivity index (χ2v) is 6.25. The van der Waals surface area contributed by atoms with Gasteiger partial charge in [-0.25, -0.2) is 8.78 Å². The summed E-state index contributed by atoms with van der Waals surface area (Å²) >= 11 is 2.98. The van der Waals surface area contributed by atoms with Crippen molar-refractivity contribution in [1.29, 1.82) is 0 Å². The molecule has 1 aromatic carbocycles. The van der Waals surface area contributed by atoms with E-state index < -0.39 is 5.82 Å². The number of hydrogen-bond acceptors (Lipinski definition) is 1. The highest BCUT2D eigenvalue weighted by Gasteiger charge is 2.10. The summed E-state index contributed by atoms with van der Waals surface area (Å²) in [5.41, 5.74) is 0.462. The van der Waals surface area contributed by atoms with Crippen molar-refractivity contribution in [1.82, 2.24) is 5.32 Å². The van der Waals surface area contributed by atoms with Crippen molar-refractivity contribution in [3.63, 3.8) is 0 Å². The fourth-order valence-electron chi connectivity index (χ4n) is 1.92. The predicted molar refractivity (Wildman–Crippen MR) is 79.3 cm³/mol. The Balaban J connectivity index is 2.42. The van der Waals surface area contributed by atoms with Gasteiger partial charge in [0, 0.05) is 6.04 Å². The molecule has 0 aromatic heterocycles. The maximum absolute atomic E-state index is 13.6. The number of rotatable bonds is 7. The fraction of sp³-hybridized carbons (Fsp3) is 0.600. The van der Waals surface area contributed by atoms with E-state index in [1.54, 1.807) is 0 Å². The van der Waals surface area contributed by atoms with Gasteiger partial charge in [0.2, 0.25) is 0 Å². The van der Waals surface area contributed by atoms with Gasteiger partial charge >= 0.3 is 0 Å². The van der Waals surface area contributed by atoms with Crippen molar-refractivity contribution in [3.05, 3.63) is 33.8 Å². The maximum Gasteiger partial charge on any atom is 0.137 e. The molecule has 1 atom stereocenters. The van der Waals surface area contributed by atoms with Crippen LogP contribution in [0, 0.1) is 17.6 Å². The quantitative estimate of drug-likeness (QED) is 0.714. The largest absolute Gasteiger partial charge is 0.315 e. The zero-order chi connectivity index (χ0) is 14.4. The van der Waals surface area contributed by atoms with E-state index >= 15 is 0 Å². The summed E-state index contributed by atoms with van der Waals surface area (Å²) in [6.07, 6.45) is 2.51. The molecule has 0 aliphatic heterocycles. The number of halogens is 3. The van der Waals surface area contributed by atoms with Gasteiger partial charge in [-0.1, -0.05) is 20.8 Å². The molecule has 19 heavy (non-hydrogen) atoms. The van der Waals surface area contributed by atoms with Crippen LogP contribution >= 0.6 is 15.9 Å². The Labute approximate surface area is 122 Å². The van der Waals surface area contributed by atoms with Crippen LogP contribution in [0.2, 0.25) is 0 Å². The van der Waals surface area contributed by atoms with Crippen LogP contribution in [0.5, 0.6) is 0 Å². The van der Waals surface area contributed by atoms with E-state index in [4.69, 9.17) is 0 Å². The van der Waals surface area contributed by atoms with Crippen molar-refractivity contribution in [2.45, 2.75) is 46.1 Å². The minimum absolute atomic E-state index is 0.183. The van der Waals surface area contributed by atoms with Gasteiger partial charge in [-0.05, 0) is 65.4 Å². The Kier molecular flexibility index (Phi) is 6.94. The van der Waals surface area contributed by atoms with Crippen molar-refractivity contribution in [2.75, 3.05) is 6.54 Å². The number of aryl methyl sites for hydroxylation is 1. The van der Waals surface area contributed by atoms with Crippen molar-refractivity contribution in [3.8, 4) is 0 Å². The van der Waals surface area contributed by atoms with E-state index in [2.05, 4.69) is 42.0 Å². The molecule has 1 rings (SSSR count). The first-order chi connectivity index (χ1) is 8.90. The average Bonchev–Trinajstić information content (AvgIpc) is 2.31. The molecular formula is C15H22BrF2N. The summed E-state index contributed by atoms with van der Waals surface area (Å²) < 4.78 is 27.2. The molecule has 0 aliphatic rings. The molecule has 0 heterocycles. The first-order valence-corrected chi connectivity index (χ1v) is 7.56. The molecule has 0 radical (unpaired) electrons. The van der Waals surface area contributed by atoms with Crippen LogP contribution < -0.4 is 5.32 Å². The lowest BCUT2D eigenvalue weighted by atomic mass is 9.98. The summed E-state index contributed by atoms with van der Waals surface area (Å²) in [4.78, 5) is 0. The first kappa shape index (κ1) is 16.6. The number of benzene rings is 1. The topological polar surface area (TPSA) is 12.0 Å². The summed E-state index contributed by atoms with van der Waals surface area (Å²) in [5, 5.41) is 3.36. The van der Waals surface area contributed by atoms with Gasteiger partial charge in [0.05, 0.1) is 4.47 Å². The third kappa shape index (κ3) is 6.00. The van der Waals surface area contributed by atoms with E-state index in [1.807, 2.05) is 0 Å². The molecular weight excluding hydrogens is 312 g/mol. The van der Waals surface area contributed by atoms with Crippen LogP contribution in [0.4, 0.5) is 8.78 Å². The van der Waals surface area contributed by atoms with Gasteiger partial charge in [-0.2, -0.15) is 0 Å². The standard InChI is InChI=1S/C15H22BrF2N/c1-10(2)19-7-6-11(3)4-5-12-8-15(18)13(16)9-14(12)17/h8-11,19H,4-7H2,1-3H3. The molecule has 0 bridgehead atoms. The second-order valence-electron chi connectivity index (χ2n) is 5.40. The summed E-state index contributed by atoms with van der Waals surface area (Å²) in [6.45, 7) is 7.35. The highest BCUT2D eigenvalue weighted by atomic mass is 79.9. The lowest BCUT2D eigenvalue weighted by Crippen LogP contribution is -2.25. The van der Waals surface area contributed by atoms with Crippen molar-refractivity contribution >= 4 is 15.9 Å². The lowest BCUT2D eigenvalue weighted by Gasteiger charge is -2.14. The zero-order valence-corrected chi connectivity index (χ0v) is 13.4. The second kappa shape index (κ2) is 7.95. The van der Waals surface area contributed by atoms with E-state index in [9.17, 15) is 8.78 Å². The molecule has 0 fully saturated rings. The number of hydrogen-bond donors (Lipinski definition) is 1. The van der Waals surface area contributed by atoms with E-state index in [0.29, 0.717) is 23.9 Å². The molecule has 1 N–H and O–H groups in total. The predicted octanol–water partition coefficient (Wildman–Crippen LogP) is 4.68. The molecule has 1 aromatic rings. The van der Waals surface area contributed by atoms with Gasteiger partial charge in [0.25, 0.3) is 0 Å². The maximum atomic E-state index is 13.6. The minimum atomic E-state index is -0.398. The fourth-order valence-corrected chi connectivity index (χ4v) is 2.24. The highest BCUT2D eigenvalue weighted by molar-refractivity contribution is 9.10. The molecule has 4 heteroatoms. The monoisotopic (exact) mass is 333 g/mol. The molecule has 108 valence electrons. The zero-order valence-electron chi connectivity index (χ0n) is 11.8. The molecule has 1 nitrogen and oxygen atoms in total. The van der Waals surface area contributed by atoms with E-state index in [-0.39, 0.29) is 10.3 Å². The highest BCUT2D eigenvalue weighted by Crippen LogP contribution is 2.22. The third-order valence-electron chi connectivity index (χ3n) is 3.19. The van der Waals surface area contributed by atoms with Gasteiger partial charge in [0.15, 0.2) is 0 Å². The Morgan fingerprint density at radius 2 is 1.79 bits per heavy atom. The molecule has 0 saturated heterocycles. The van der Waals surface area contributed by atoms with Crippen LogP contribution in [0.1, 0.15) is 39.2 Å². The van der Waals surface area contributed by atoms with Crippen LogP contribution in [0.3, 0.4) is 0 Å². The van der Waals surface area contributed by atoms with Crippen molar-refractivity contribution < 1.29 is 8.78 Å². The SMILES string of the molecule is CC(CCNC(C)C)CCc1cc(F)c(Br)cc1F. The normalized spacial score (nSPS) is 13.0. The van der Waals surface area contributed by atoms with E-state index in [1.165, 1.54) is 12.1 Å². The first-order valence-electron chi connectivity index (χ1n) is 6.77. The van der Waals surface area contributed by atoms with Crippen LogP contribution in [-0.4, -0.2) is 12.6 Å². The van der Waals surface area contributed by atoms with Gasteiger partial charge in [-0.3, -0.25) is 0 Å². The Hall–Kier alpha value is -0.480. The van der Waals surface area contributed by atoms with E-state index in [0.717, 1.165) is 19.4 Å². The molecule has 0 spiro atoms. The Bertz CT molecular complexity index is 407. The van der Waals surface area contributed by atoms with Gasteiger partial charge in [0.1, 0.15) is 11.6 Å². The summed E-state index contributed by atoms with van der Waals surface area (Å²) in [7, 11) is 0. The van der Waals surface area contributed by atoms with Crippen molar-refractivity contribution in [2.24, 2.45) is 5.92 Å². The average molecular weight is 334 g/mol. The van der Waals surface area contributed by atoms with Crippen LogP contribution in [0.25, 0.3) is 0 Å². The lowest BCUT2D eigenvalue weighted by molar-refractivity contribution is 0.449. The van der Waals surface area contributed by atoms with Gasteiger partial charge in [-0.15, -0.1) is 0 Å².